The summed E-state index contributed by atoms with van der Waals surface area (Å²) in [6.45, 7) is 4.24. The lowest BCUT2D eigenvalue weighted by Gasteiger charge is -2.07. The van der Waals surface area contributed by atoms with E-state index in [9.17, 15) is 0 Å². The molecule has 0 fully saturated rings. The van der Waals surface area contributed by atoms with Crippen LogP contribution in [-0.2, 0) is 0 Å². The molecule has 6 heteroatoms. The van der Waals surface area contributed by atoms with E-state index in [-0.39, 0.29) is 0 Å². The van der Waals surface area contributed by atoms with E-state index in [1.165, 1.54) is 11.1 Å². The highest BCUT2D eigenvalue weighted by atomic mass is 32.1. The predicted molar refractivity (Wildman–Crippen MR) is 123 cm³/mol. The molecule has 0 radical (unpaired) electrons. The Morgan fingerprint density at radius 2 is 1.80 bits per heavy atom. The van der Waals surface area contributed by atoms with Crippen molar-refractivity contribution in [2.45, 2.75) is 13.8 Å². The van der Waals surface area contributed by atoms with Crippen LogP contribution < -0.4 is 9.54 Å². The van der Waals surface area contributed by atoms with Gasteiger partial charge in [0.05, 0.1) is 19.0 Å². The van der Waals surface area contributed by atoms with Crippen LogP contribution in [0.15, 0.2) is 82.5 Å². The maximum atomic E-state index is 5.46. The first-order valence-electron chi connectivity index (χ1n) is 9.56. The molecule has 0 aliphatic rings. The van der Waals surface area contributed by atoms with Gasteiger partial charge in [0, 0.05) is 23.3 Å². The SMILES string of the molecule is COc1ccccc1N=c1scc(-c2ccc(C)c(C)c2)n1N=Cc1ccncc1. The van der Waals surface area contributed by atoms with E-state index < -0.39 is 0 Å². The molecule has 2 heterocycles. The Bertz CT molecular complexity index is 1260. The molecule has 30 heavy (non-hydrogen) atoms. The van der Waals surface area contributed by atoms with E-state index in [1.807, 2.05) is 47.3 Å². The number of rotatable bonds is 5. The summed E-state index contributed by atoms with van der Waals surface area (Å²) in [6.07, 6.45) is 5.33. The molecule has 4 aromatic rings. The Labute approximate surface area is 179 Å². The third kappa shape index (κ3) is 4.23. The molecule has 150 valence electrons. The maximum Gasteiger partial charge on any atom is 0.211 e. The van der Waals surface area contributed by atoms with Gasteiger partial charge in [-0.2, -0.15) is 5.10 Å². The summed E-state index contributed by atoms with van der Waals surface area (Å²) in [5, 5.41) is 6.84. The molecule has 0 N–H and O–H groups in total. The number of thiazole rings is 1. The van der Waals surface area contributed by atoms with Crippen LogP contribution in [0, 0.1) is 13.8 Å². The Hall–Kier alpha value is -3.51. The first-order valence-corrected chi connectivity index (χ1v) is 10.4. The number of nitrogens with zero attached hydrogens (tertiary/aromatic N) is 4. The van der Waals surface area contributed by atoms with Crippen molar-refractivity contribution in [3.05, 3.63) is 93.9 Å². The smallest absolute Gasteiger partial charge is 0.211 e. The number of aromatic nitrogens is 2. The van der Waals surface area contributed by atoms with Crippen LogP contribution in [-0.4, -0.2) is 23.0 Å². The van der Waals surface area contributed by atoms with Gasteiger partial charge in [0.15, 0.2) is 0 Å². The molecule has 0 amide bonds. The topological polar surface area (TPSA) is 51.8 Å². The highest BCUT2D eigenvalue weighted by Crippen LogP contribution is 2.27. The molecule has 4 rings (SSSR count). The number of benzene rings is 2. The standard InChI is InChI=1S/C24H22N4OS/c1-17-8-9-20(14-18(17)2)22-16-30-24(27-21-6-4-5-7-23(21)29-3)28(22)26-15-19-10-12-25-13-11-19/h4-16H,1-3H3. The van der Waals surface area contributed by atoms with Crippen molar-refractivity contribution in [1.29, 1.82) is 0 Å². The number of para-hydroxylation sites is 2. The lowest BCUT2D eigenvalue weighted by molar-refractivity contribution is 0.416. The van der Waals surface area contributed by atoms with Gasteiger partial charge in [-0.1, -0.05) is 24.3 Å². The first-order chi connectivity index (χ1) is 14.7. The van der Waals surface area contributed by atoms with Crippen molar-refractivity contribution in [1.82, 2.24) is 9.66 Å². The number of methoxy groups -OCH3 is 1. The Balaban J connectivity index is 1.88. The highest BCUT2D eigenvalue weighted by molar-refractivity contribution is 7.07. The summed E-state index contributed by atoms with van der Waals surface area (Å²) in [5.41, 5.74) is 6.33. The predicted octanol–water partition coefficient (Wildman–Crippen LogP) is 5.35. The van der Waals surface area contributed by atoms with Crippen molar-refractivity contribution in [3.63, 3.8) is 0 Å². The maximum absolute atomic E-state index is 5.46. The monoisotopic (exact) mass is 414 g/mol. The fraction of sp³-hybridized carbons (Fsp3) is 0.125. The second-order valence-electron chi connectivity index (χ2n) is 6.82. The molecule has 2 aromatic carbocycles. The molecule has 0 unspecified atom stereocenters. The summed E-state index contributed by atoms with van der Waals surface area (Å²) >= 11 is 1.54. The van der Waals surface area contributed by atoms with Gasteiger partial charge in [-0.15, -0.1) is 11.3 Å². The third-order valence-corrected chi connectivity index (χ3v) is 5.63. The van der Waals surface area contributed by atoms with E-state index in [0.717, 1.165) is 33.1 Å². The highest BCUT2D eigenvalue weighted by Gasteiger charge is 2.10. The fourth-order valence-electron chi connectivity index (χ4n) is 2.99. The summed E-state index contributed by atoms with van der Waals surface area (Å²) in [6, 6.07) is 18.0. The molecule has 0 spiro atoms. The van der Waals surface area contributed by atoms with Crippen molar-refractivity contribution >= 4 is 23.2 Å². The number of ether oxygens (including phenoxy) is 1. The minimum absolute atomic E-state index is 0.725. The Morgan fingerprint density at radius 1 is 1.00 bits per heavy atom. The summed E-state index contributed by atoms with van der Waals surface area (Å²) in [5.74, 6) is 0.725. The van der Waals surface area contributed by atoms with E-state index >= 15 is 0 Å². The average molecular weight is 415 g/mol. The van der Waals surface area contributed by atoms with Crippen LogP contribution in [0.25, 0.3) is 11.3 Å². The minimum atomic E-state index is 0.725. The average Bonchev–Trinajstić information content (AvgIpc) is 3.17. The number of aryl methyl sites for hydroxylation is 2. The minimum Gasteiger partial charge on any atom is -0.494 e. The molecule has 0 saturated heterocycles. The van der Waals surface area contributed by atoms with E-state index in [4.69, 9.17) is 14.8 Å². The molecule has 0 bridgehead atoms. The van der Waals surface area contributed by atoms with Gasteiger partial charge in [0.25, 0.3) is 0 Å². The largest absolute Gasteiger partial charge is 0.494 e. The van der Waals surface area contributed by atoms with Crippen LogP contribution in [0.4, 0.5) is 5.69 Å². The normalized spacial score (nSPS) is 11.9. The molecule has 0 aliphatic heterocycles. The quantitative estimate of drug-likeness (QED) is 0.413. The van der Waals surface area contributed by atoms with Crippen LogP contribution in [0.3, 0.4) is 0 Å². The molecular formula is C24H22N4OS. The van der Waals surface area contributed by atoms with Crippen LogP contribution >= 0.6 is 11.3 Å². The van der Waals surface area contributed by atoms with Crippen molar-refractivity contribution in [2.24, 2.45) is 10.1 Å². The number of hydrogen-bond donors (Lipinski definition) is 0. The van der Waals surface area contributed by atoms with E-state index in [0.29, 0.717) is 0 Å². The molecule has 0 saturated carbocycles. The van der Waals surface area contributed by atoms with Gasteiger partial charge in [-0.25, -0.2) is 9.67 Å². The zero-order chi connectivity index (χ0) is 20.9. The molecule has 2 aromatic heterocycles. The Kier molecular flexibility index (Phi) is 5.86. The van der Waals surface area contributed by atoms with Gasteiger partial charge in [-0.05, 0) is 60.9 Å². The van der Waals surface area contributed by atoms with Crippen molar-refractivity contribution < 1.29 is 4.74 Å². The summed E-state index contributed by atoms with van der Waals surface area (Å²) in [7, 11) is 1.65. The Morgan fingerprint density at radius 3 is 2.57 bits per heavy atom. The van der Waals surface area contributed by atoms with Gasteiger partial charge in [0.1, 0.15) is 11.4 Å². The first kappa shape index (κ1) is 19.8. The number of pyridine rings is 1. The van der Waals surface area contributed by atoms with Crippen molar-refractivity contribution in [2.75, 3.05) is 7.11 Å². The van der Waals surface area contributed by atoms with E-state index in [2.05, 4.69) is 42.4 Å². The van der Waals surface area contributed by atoms with Crippen LogP contribution in [0.2, 0.25) is 0 Å². The molecular weight excluding hydrogens is 392 g/mol. The zero-order valence-corrected chi connectivity index (χ0v) is 17.9. The lowest BCUT2D eigenvalue weighted by atomic mass is 10.1. The van der Waals surface area contributed by atoms with Crippen LogP contribution in [0.1, 0.15) is 16.7 Å². The van der Waals surface area contributed by atoms with E-state index in [1.54, 1.807) is 30.8 Å². The summed E-state index contributed by atoms with van der Waals surface area (Å²) in [4.78, 5) is 9.67. The fourth-order valence-corrected chi connectivity index (χ4v) is 3.84. The van der Waals surface area contributed by atoms with Gasteiger partial charge in [-0.3, -0.25) is 4.98 Å². The molecule has 5 nitrogen and oxygen atoms in total. The molecule has 0 aliphatic carbocycles. The lowest BCUT2D eigenvalue weighted by Crippen LogP contribution is -2.11. The zero-order valence-electron chi connectivity index (χ0n) is 17.1. The second kappa shape index (κ2) is 8.88. The van der Waals surface area contributed by atoms with Gasteiger partial charge in [0.2, 0.25) is 4.80 Å². The molecule has 0 atom stereocenters. The third-order valence-electron chi connectivity index (χ3n) is 4.82. The van der Waals surface area contributed by atoms with Crippen LogP contribution in [0.5, 0.6) is 5.75 Å². The van der Waals surface area contributed by atoms with Gasteiger partial charge < -0.3 is 4.74 Å². The van der Waals surface area contributed by atoms with Crippen molar-refractivity contribution in [3.8, 4) is 17.0 Å². The second-order valence-corrected chi connectivity index (χ2v) is 7.66. The number of hydrogen-bond acceptors (Lipinski definition) is 5. The summed E-state index contributed by atoms with van der Waals surface area (Å²) < 4.78 is 7.34. The van der Waals surface area contributed by atoms with Gasteiger partial charge >= 0.3 is 0 Å².